The van der Waals surface area contributed by atoms with E-state index in [9.17, 15) is 24.0 Å². The van der Waals surface area contributed by atoms with E-state index in [1.165, 1.54) is 32.1 Å². The van der Waals surface area contributed by atoms with Crippen LogP contribution in [0.3, 0.4) is 0 Å². The van der Waals surface area contributed by atoms with Gasteiger partial charge in [-0.15, -0.1) is 0 Å². The fraction of sp³-hybridized carbons (Fsp3) is 0.452. The molecule has 228 valence electrons. The van der Waals surface area contributed by atoms with Crippen molar-refractivity contribution in [2.24, 2.45) is 10.8 Å². The molecule has 0 bridgehead atoms. The Bertz CT molecular complexity index is 1610. The molecule has 9 nitrogen and oxygen atoms in total. The second kappa shape index (κ2) is 11.9. The van der Waals surface area contributed by atoms with Crippen LogP contribution in [0.5, 0.6) is 11.5 Å². The summed E-state index contributed by atoms with van der Waals surface area (Å²) >= 11 is 6.15. The van der Waals surface area contributed by atoms with Gasteiger partial charge in [-0.25, -0.2) is 13.9 Å². The molecular formula is C31H34ClF2N5O4. The highest BCUT2D eigenvalue weighted by atomic mass is 35.5. The minimum Gasteiger partial charge on any atom is -0.448 e. The van der Waals surface area contributed by atoms with Gasteiger partial charge in [0.2, 0.25) is 5.91 Å². The van der Waals surface area contributed by atoms with Crippen molar-refractivity contribution in [3.8, 4) is 17.6 Å². The van der Waals surface area contributed by atoms with Gasteiger partial charge in [-0.3, -0.25) is 14.4 Å². The van der Waals surface area contributed by atoms with Gasteiger partial charge < -0.3 is 15.0 Å². The molecule has 1 aliphatic carbocycles. The highest BCUT2D eigenvalue weighted by molar-refractivity contribution is 6.31. The summed E-state index contributed by atoms with van der Waals surface area (Å²) in [6.45, 7) is 10.1. The number of benzene rings is 1. The van der Waals surface area contributed by atoms with Crippen LogP contribution in [0, 0.1) is 41.8 Å². The first-order chi connectivity index (χ1) is 20.1. The normalized spacial score (nSPS) is 22.7. The Hall–Kier alpha value is -4.04. The third-order valence-corrected chi connectivity index (χ3v) is 8.54. The van der Waals surface area contributed by atoms with Crippen LogP contribution in [0.25, 0.3) is 0 Å². The molecule has 2 heterocycles. The number of aromatic amines is 1. The van der Waals surface area contributed by atoms with Gasteiger partial charge in [-0.05, 0) is 77.7 Å². The van der Waals surface area contributed by atoms with Gasteiger partial charge in [-0.1, -0.05) is 24.6 Å². The van der Waals surface area contributed by atoms with Gasteiger partial charge in [0.05, 0.1) is 28.3 Å². The number of carbonyl (C=O) groups is 2. The number of ether oxygens (including phenoxy) is 1. The van der Waals surface area contributed by atoms with Crippen LogP contribution >= 0.6 is 11.6 Å². The molecule has 1 aliphatic heterocycles. The average molecular weight is 614 g/mol. The molecule has 1 unspecified atom stereocenters. The van der Waals surface area contributed by atoms with Gasteiger partial charge in [0, 0.05) is 23.1 Å². The molecule has 1 saturated heterocycles. The third-order valence-electron chi connectivity index (χ3n) is 8.25. The van der Waals surface area contributed by atoms with Crippen molar-refractivity contribution in [2.45, 2.75) is 78.9 Å². The quantitative estimate of drug-likeness (QED) is 0.410. The molecule has 43 heavy (non-hydrogen) atoms. The highest BCUT2D eigenvalue weighted by Gasteiger charge is 2.51. The molecule has 0 radical (unpaired) electrons. The number of likely N-dealkylation sites (tertiary alicyclic amines) is 1. The lowest BCUT2D eigenvalue weighted by molar-refractivity contribution is -0.139. The number of aromatic nitrogens is 2. The van der Waals surface area contributed by atoms with E-state index in [1.807, 2.05) is 6.92 Å². The Labute approximate surface area is 253 Å². The van der Waals surface area contributed by atoms with Crippen LogP contribution in [0.1, 0.15) is 68.6 Å². The maximum atomic E-state index is 15.1. The number of H-pyrrole nitrogens is 1. The highest BCUT2D eigenvalue weighted by Crippen LogP contribution is 2.48. The lowest BCUT2D eigenvalue weighted by Gasteiger charge is -2.44. The number of nitrogens with zero attached hydrogens (tertiary/aromatic N) is 3. The lowest BCUT2D eigenvalue weighted by atomic mass is 9.75. The van der Waals surface area contributed by atoms with Gasteiger partial charge in [0.25, 0.3) is 5.91 Å². The summed E-state index contributed by atoms with van der Waals surface area (Å²) in [6, 6.07) is 4.10. The van der Waals surface area contributed by atoms with Gasteiger partial charge in [0.1, 0.15) is 11.9 Å². The smallest absolute Gasteiger partial charge is 0.307 e. The van der Waals surface area contributed by atoms with Crippen LogP contribution in [0.4, 0.5) is 8.78 Å². The van der Waals surface area contributed by atoms with E-state index >= 15 is 4.39 Å². The van der Waals surface area contributed by atoms with Crippen LogP contribution < -0.4 is 15.6 Å². The predicted molar refractivity (Wildman–Crippen MR) is 157 cm³/mol. The molecule has 2 aliphatic rings. The van der Waals surface area contributed by atoms with E-state index in [1.54, 1.807) is 31.7 Å². The van der Waals surface area contributed by atoms with Crippen LogP contribution in [0.2, 0.25) is 0 Å². The number of hydrogen-bond donors (Lipinski definition) is 2. The number of hydrogen-bond acceptors (Lipinski definition) is 6. The fourth-order valence-corrected chi connectivity index (χ4v) is 6.16. The Morgan fingerprint density at radius 2 is 1.98 bits per heavy atom. The number of halogens is 3. The zero-order valence-corrected chi connectivity index (χ0v) is 25.6. The first-order valence-corrected chi connectivity index (χ1v) is 14.3. The van der Waals surface area contributed by atoms with E-state index in [0.29, 0.717) is 25.0 Å². The van der Waals surface area contributed by atoms with Crippen molar-refractivity contribution in [3.05, 3.63) is 74.2 Å². The molecule has 12 heteroatoms. The van der Waals surface area contributed by atoms with E-state index < -0.39 is 58.0 Å². The summed E-state index contributed by atoms with van der Waals surface area (Å²) in [5.41, 5.74) is -1.58. The molecule has 2 amide bonds. The predicted octanol–water partition coefficient (Wildman–Crippen LogP) is 5.73. The maximum absolute atomic E-state index is 15.1. The molecule has 4 atom stereocenters. The number of amides is 2. The number of nitriles is 1. The molecule has 2 N–H and O–H groups in total. The third kappa shape index (κ3) is 6.34. The fourth-order valence-electron chi connectivity index (χ4n) is 5.83. The Morgan fingerprint density at radius 3 is 2.60 bits per heavy atom. The van der Waals surface area contributed by atoms with E-state index in [2.05, 4.69) is 21.6 Å². The summed E-state index contributed by atoms with van der Waals surface area (Å²) in [7, 11) is 0. The average Bonchev–Trinajstić information content (AvgIpc) is 3.41. The number of nitrogens with one attached hydrogen (secondary N) is 2. The second-order valence-electron chi connectivity index (χ2n) is 12.0. The molecule has 2 aromatic rings. The monoisotopic (exact) mass is 613 g/mol. The zero-order chi connectivity index (χ0) is 31.9. The summed E-state index contributed by atoms with van der Waals surface area (Å²) < 4.78 is 34.7. The minimum absolute atomic E-state index is 0.0287. The SMILES string of the molecule is Cc1cc(Oc2c(C)cc(C(=O)N[C@H](C)C(=O)N3[C@H](C4(C)C=C(Cl)C(F)=CC4)CC[C@@H]3C(C)(C)C#N)cc2F)c(=O)[nH]n1. The Morgan fingerprint density at radius 1 is 1.28 bits per heavy atom. The Kier molecular flexibility index (Phi) is 8.84. The molecule has 1 fully saturated rings. The van der Waals surface area contributed by atoms with Gasteiger partial charge in [-0.2, -0.15) is 10.4 Å². The van der Waals surface area contributed by atoms with E-state index in [0.717, 1.165) is 6.07 Å². The molecule has 1 aromatic heterocycles. The summed E-state index contributed by atoms with van der Waals surface area (Å²) in [5, 5.41) is 18.6. The number of rotatable bonds is 7. The number of aryl methyl sites for hydroxylation is 2. The lowest BCUT2D eigenvalue weighted by Crippen LogP contribution is -2.57. The molecule has 4 rings (SSSR count). The van der Waals surface area contributed by atoms with Gasteiger partial charge in [0.15, 0.2) is 17.3 Å². The largest absolute Gasteiger partial charge is 0.448 e. The molecule has 0 saturated carbocycles. The first kappa shape index (κ1) is 31.9. The standard InChI is InChI=1S/C31H34ClF2N5O4/c1-16-11-19(13-22(34)26(16)43-23-12-17(2)37-38-28(23)41)27(40)36-18(3)29(42)39-24(30(4,5)15-35)7-8-25(39)31(6)10-9-21(33)20(32)14-31/h9,11-14,18,24-25H,7-8,10H2,1-6H3,(H,36,40)(H,38,41)/t18-,24-,25+,31?/m1/s1. The number of allylic oxidation sites excluding steroid dienone is 3. The Balaban J connectivity index is 1.58. The van der Waals surface area contributed by atoms with E-state index in [4.69, 9.17) is 16.3 Å². The first-order valence-electron chi connectivity index (χ1n) is 13.9. The van der Waals surface area contributed by atoms with Crippen LogP contribution in [-0.4, -0.2) is 45.0 Å². The summed E-state index contributed by atoms with van der Waals surface area (Å²) in [6.07, 6.45) is 4.42. The van der Waals surface area contributed by atoms with Crippen LogP contribution in [-0.2, 0) is 4.79 Å². The maximum Gasteiger partial charge on any atom is 0.307 e. The summed E-state index contributed by atoms with van der Waals surface area (Å²) in [5.74, 6) is -2.89. The second-order valence-corrected chi connectivity index (χ2v) is 12.5. The van der Waals surface area contributed by atoms with Crippen molar-refractivity contribution in [1.29, 1.82) is 5.26 Å². The van der Waals surface area contributed by atoms with Gasteiger partial charge >= 0.3 is 5.56 Å². The molecular weight excluding hydrogens is 580 g/mol. The van der Waals surface area contributed by atoms with Crippen molar-refractivity contribution in [2.75, 3.05) is 0 Å². The van der Waals surface area contributed by atoms with Crippen molar-refractivity contribution in [1.82, 2.24) is 20.4 Å². The summed E-state index contributed by atoms with van der Waals surface area (Å²) in [4.78, 5) is 40.9. The van der Waals surface area contributed by atoms with E-state index in [-0.39, 0.29) is 27.7 Å². The molecule has 0 spiro atoms. The van der Waals surface area contributed by atoms with Crippen LogP contribution in [0.15, 0.2) is 46.0 Å². The zero-order valence-electron chi connectivity index (χ0n) is 24.8. The minimum atomic E-state index is -1.04. The van der Waals surface area contributed by atoms with Crippen molar-refractivity contribution < 1.29 is 23.1 Å². The number of carbonyl (C=O) groups excluding carboxylic acids is 2. The molecule has 1 aromatic carbocycles. The van der Waals surface area contributed by atoms with Crippen molar-refractivity contribution >= 4 is 23.4 Å². The topological polar surface area (TPSA) is 128 Å². The van der Waals surface area contributed by atoms with Crippen molar-refractivity contribution in [3.63, 3.8) is 0 Å².